The average Bonchev–Trinajstić information content (AvgIpc) is 3.74. The third-order valence-corrected chi connectivity index (χ3v) is 15.6. The SMILES string of the molecule is FC(F)(F)COP1(n2ccnc2)=NP(n2ccnc2)(n2ccnc2)=NP(n2ccnc2)(n2ccnc2)=N1. The van der Waals surface area contributed by atoms with Crippen molar-refractivity contribution in [2.75, 3.05) is 6.61 Å². The number of hydrogen-bond acceptors (Lipinski definition) is 9. The number of aromatic nitrogens is 10. The first kappa shape index (κ1) is 23.9. The van der Waals surface area contributed by atoms with Crippen LogP contribution in [0.2, 0.25) is 0 Å². The monoisotopic (exact) mass is 569 g/mol. The summed E-state index contributed by atoms with van der Waals surface area (Å²) in [6.07, 6.45) is 18.4. The van der Waals surface area contributed by atoms with Gasteiger partial charge >= 0.3 is 13.8 Å². The molecule has 5 aromatic rings. The largest absolute Gasteiger partial charge is 0.412 e. The molecular formula is C17H17F3N13OP3. The van der Waals surface area contributed by atoms with Crippen LogP contribution in [0.3, 0.4) is 0 Å². The van der Waals surface area contributed by atoms with E-state index in [1.165, 1.54) is 73.2 Å². The molecule has 192 valence electrons. The molecule has 1 aliphatic heterocycles. The van der Waals surface area contributed by atoms with Crippen LogP contribution in [0.4, 0.5) is 13.2 Å². The van der Waals surface area contributed by atoms with E-state index in [9.17, 15) is 13.2 Å². The normalized spacial score (nSPS) is 20.6. The van der Waals surface area contributed by atoms with Crippen LogP contribution in [0, 0.1) is 0 Å². The number of nitrogens with zero attached hydrogens (tertiary/aromatic N) is 13. The average molecular weight is 569 g/mol. The second-order valence-electron chi connectivity index (χ2n) is 7.46. The summed E-state index contributed by atoms with van der Waals surface area (Å²) < 4.78 is 69.9. The molecule has 0 saturated heterocycles. The van der Waals surface area contributed by atoms with Crippen molar-refractivity contribution in [2.45, 2.75) is 6.18 Å². The highest BCUT2D eigenvalue weighted by Gasteiger charge is 2.45. The molecule has 1 atom stereocenters. The summed E-state index contributed by atoms with van der Waals surface area (Å²) in [6, 6.07) is 0. The van der Waals surface area contributed by atoms with Crippen molar-refractivity contribution < 1.29 is 17.7 Å². The number of halogens is 3. The lowest BCUT2D eigenvalue weighted by Crippen LogP contribution is -2.18. The van der Waals surface area contributed by atoms with Crippen LogP contribution in [-0.4, -0.2) is 59.4 Å². The molecule has 0 saturated carbocycles. The lowest BCUT2D eigenvalue weighted by molar-refractivity contribution is -0.152. The molecule has 20 heteroatoms. The van der Waals surface area contributed by atoms with E-state index < -0.39 is 35.4 Å². The Hall–Kier alpha value is -3.51. The van der Waals surface area contributed by atoms with E-state index in [1.807, 2.05) is 0 Å². The van der Waals surface area contributed by atoms with Crippen LogP contribution < -0.4 is 0 Å². The van der Waals surface area contributed by atoms with Crippen molar-refractivity contribution in [1.82, 2.24) is 46.6 Å². The fourth-order valence-electron chi connectivity index (χ4n) is 3.56. The van der Waals surface area contributed by atoms with Gasteiger partial charge in [0.2, 0.25) is 0 Å². The Kier molecular flexibility index (Phi) is 5.68. The zero-order valence-corrected chi connectivity index (χ0v) is 21.2. The van der Waals surface area contributed by atoms with Crippen molar-refractivity contribution in [3.8, 4) is 0 Å². The molecule has 1 aliphatic rings. The Labute approximate surface area is 207 Å². The summed E-state index contributed by atoms with van der Waals surface area (Å²) in [7, 11) is -10.7. The van der Waals surface area contributed by atoms with E-state index in [-0.39, 0.29) is 0 Å². The molecule has 0 aromatic carbocycles. The fourth-order valence-corrected chi connectivity index (χ4v) is 16.0. The van der Waals surface area contributed by atoms with Gasteiger partial charge in [0.1, 0.15) is 31.6 Å². The molecule has 0 spiro atoms. The summed E-state index contributed by atoms with van der Waals surface area (Å²) in [5.74, 6) is 0. The van der Waals surface area contributed by atoms with E-state index in [1.54, 1.807) is 42.1 Å². The molecule has 0 bridgehead atoms. The summed E-state index contributed by atoms with van der Waals surface area (Å²) in [4.78, 5) is 20.8. The van der Waals surface area contributed by atoms with Crippen molar-refractivity contribution in [3.63, 3.8) is 0 Å². The summed E-state index contributed by atoms with van der Waals surface area (Å²) in [6.45, 7) is -1.59. The smallest absolute Gasteiger partial charge is 0.301 e. The summed E-state index contributed by atoms with van der Waals surface area (Å²) in [5.41, 5.74) is 0. The van der Waals surface area contributed by atoms with Gasteiger partial charge in [0.15, 0.2) is 6.61 Å². The number of imidazole rings is 5. The molecule has 0 fully saturated rings. The Morgan fingerprint density at radius 3 is 1.27 bits per heavy atom. The van der Waals surface area contributed by atoms with Crippen molar-refractivity contribution in [1.29, 1.82) is 0 Å². The van der Waals surface area contributed by atoms with Gasteiger partial charge in [-0.15, -0.1) is 0 Å². The van der Waals surface area contributed by atoms with Crippen molar-refractivity contribution >= 4 is 22.6 Å². The third kappa shape index (κ3) is 4.04. The third-order valence-electron chi connectivity index (χ3n) is 5.11. The van der Waals surface area contributed by atoms with Gasteiger partial charge in [-0.1, -0.05) is 0 Å². The molecule has 0 aliphatic carbocycles. The maximum Gasteiger partial charge on any atom is 0.412 e. The Balaban J connectivity index is 1.83. The molecule has 0 radical (unpaired) electrons. The van der Waals surface area contributed by atoms with Gasteiger partial charge in [0, 0.05) is 62.0 Å². The summed E-state index contributed by atoms with van der Waals surface area (Å²) in [5, 5.41) is 0. The van der Waals surface area contributed by atoms with Crippen molar-refractivity contribution in [2.24, 2.45) is 13.5 Å². The second-order valence-corrected chi connectivity index (χ2v) is 15.3. The quantitative estimate of drug-likeness (QED) is 0.249. The molecule has 6 rings (SSSR count). The Bertz CT molecular complexity index is 1490. The first-order valence-electron chi connectivity index (χ1n) is 10.4. The maximum atomic E-state index is 13.6. The van der Waals surface area contributed by atoms with Crippen LogP contribution in [-0.2, 0) is 4.52 Å². The van der Waals surface area contributed by atoms with Crippen LogP contribution in [0.25, 0.3) is 0 Å². The fraction of sp³-hybridized carbons (Fsp3) is 0.118. The van der Waals surface area contributed by atoms with Gasteiger partial charge in [-0.3, -0.25) is 21.7 Å². The number of alkyl halides is 3. The van der Waals surface area contributed by atoms with E-state index in [2.05, 4.69) is 24.9 Å². The molecule has 37 heavy (non-hydrogen) atoms. The molecule has 5 aromatic heterocycles. The maximum absolute atomic E-state index is 13.6. The topological polar surface area (TPSA) is 135 Å². The van der Waals surface area contributed by atoms with Crippen LogP contribution in [0.1, 0.15) is 0 Å². The van der Waals surface area contributed by atoms with Crippen LogP contribution in [0.15, 0.2) is 107 Å². The zero-order chi connectivity index (χ0) is 25.6. The molecule has 0 N–H and O–H groups in total. The molecule has 14 nitrogen and oxygen atoms in total. The zero-order valence-electron chi connectivity index (χ0n) is 18.6. The minimum Gasteiger partial charge on any atom is -0.301 e. The van der Waals surface area contributed by atoms with E-state index in [0.717, 1.165) is 0 Å². The summed E-state index contributed by atoms with van der Waals surface area (Å²) >= 11 is 0. The van der Waals surface area contributed by atoms with Gasteiger partial charge in [0.25, 0.3) is 15.0 Å². The minimum absolute atomic E-state index is 1.34. The number of rotatable bonds is 7. The van der Waals surface area contributed by atoms with Crippen molar-refractivity contribution in [3.05, 3.63) is 93.6 Å². The van der Waals surface area contributed by atoms with Gasteiger partial charge in [-0.2, -0.15) is 26.7 Å². The lowest BCUT2D eigenvalue weighted by Gasteiger charge is -2.36. The highest BCUT2D eigenvalue weighted by Crippen LogP contribution is 2.79. The molecule has 0 amide bonds. The highest BCUT2D eigenvalue weighted by molar-refractivity contribution is 7.83. The molecule has 6 heterocycles. The van der Waals surface area contributed by atoms with E-state index >= 15 is 0 Å². The van der Waals surface area contributed by atoms with Gasteiger partial charge in [0.05, 0.1) is 0 Å². The Morgan fingerprint density at radius 2 is 0.919 bits per heavy atom. The second kappa shape index (κ2) is 8.80. The predicted octanol–water partition coefficient (Wildman–Crippen LogP) is 5.14. The lowest BCUT2D eigenvalue weighted by atomic mass is 10.7. The predicted molar refractivity (Wildman–Crippen MR) is 128 cm³/mol. The minimum atomic E-state index is -4.65. The van der Waals surface area contributed by atoms with Gasteiger partial charge < -0.3 is 4.52 Å². The van der Waals surface area contributed by atoms with Gasteiger partial charge in [-0.05, 0) is 0 Å². The molecule has 1 unspecified atom stereocenters. The molecular weight excluding hydrogens is 552 g/mol. The first-order chi connectivity index (χ1) is 17.9. The standard InChI is InChI=1S/C17H17F3N13OP3/c18-17(19,20)11-34-37(33-10-5-25-16-33)27-35(29-6-1-21-12-29,30-7-2-22-13-30)26-36(28-37,31-8-3-23-14-31)32-9-4-24-15-32/h1-10,12-16H,11H2. The number of hydrogen-bond donors (Lipinski definition) is 0. The van der Waals surface area contributed by atoms with Crippen LogP contribution in [0.5, 0.6) is 0 Å². The van der Waals surface area contributed by atoms with Gasteiger partial charge in [-0.25, -0.2) is 24.9 Å². The van der Waals surface area contributed by atoms with E-state index in [4.69, 9.17) is 18.1 Å². The highest BCUT2D eigenvalue weighted by atomic mass is 31.3. The van der Waals surface area contributed by atoms with E-state index in [0.29, 0.717) is 0 Å². The van der Waals surface area contributed by atoms with Crippen LogP contribution >= 0.6 is 22.6 Å². The Morgan fingerprint density at radius 1 is 0.541 bits per heavy atom. The first-order valence-corrected chi connectivity index (χ1v) is 15.2.